The standard InChI is InChI=1S/C12H10FN3O4S/c13-8-6-7(21(14,19)20)3-4-9(8)16-12(18)11-10(17)2-1-5-15-11/h1-6,17H,(H,16,18)(H2,14,19,20). The average molecular weight is 311 g/mol. The van der Waals surface area contributed by atoms with Gasteiger partial charge in [-0.05, 0) is 30.3 Å². The zero-order valence-corrected chi connectivity index (χ0v) is 11.3. The molecule has 2 rings (SSSR count). The van der Waals surface area contributed by atoms with Crippen molar-refractivity contribution >= 4 is 21.6 Å². The Morgan fingerprint density at radius 1 is 1.33 bits per heavy atom. The molecule has 0 fully saturated rings. The molecule has 1 aromatic heterocycles. The predicted octanol–water partition coefficient (Wildman–Crippen LogP) is 0.826. The molecule has 0 atom stereocenters. The molecule has 0 aliphatic carbocycles. The zero-order chi connectivity index (χ0) is 15.6. The molecule has 9 heteroatoms. The van der Waals surface area contributed by atoms with Crippen molar-refractivity contribution in [2.75, 3.05) is 5.32 Å². The number of nitrogens with one attached hydrogen (secondary N) is 1. The lowest BCUT2D eigenvalue weighted by molar-refractivity contribution is 0.101. The number of anilines is 1. The number of hydrogen-bond acceptors (Lipinski definition) is 5. The summed E-state index contributed by atoms with van der Waals surface area (Å²) in [4.78, 5) is 15.1. The summed E-state index contributed by atoms with van der Waals surface area (Å²) in [5.74, 6) is -2.18. The third-order valence-electron chi connectivity index (χ3n) is 2.52. The SMILES string of the molecule is NS(=O)(=O)c1ccc(NC(=O)c2ncccc2O)c(F)c1. The quantitative estimate of drug-likeness (QED) is 0.774. The lowest BCUT2D eigenvalue weighted by atomic mass is 10.2. The normalized spacial score (nSPS) is 11.1. The lowest BCUT2D eigenvalue weighted by Crippen LogP contribution is -2.16. The van der Waals surface area contributed by atoms with E-state index in [4.69, 9.17) is 5.14 Å². The summed E-state index contributed by atoms with van der Waals surface area (Å²) in [5, 5.41) is 16.5. The summed E-state index contributed by atoms with van der Waals surface area (Å²) in [7, 11) is -4.03. The Hall–Kier alpha value is -2.52. The predicted molar refractivity (Wildman–Crippen MR) is 71.6 cm³/mol. The molecule has 21 heavy (non-hydrogen) atoms. The van der Waals surface area contributed by atoms with Gasteiger partial charge in [0, 0.05) is 6.20 Å². The highest BCUT2D eigenvalue weighted by Gasteiger charge is 2.16. The summed E-state index contributed by atoms with van der Waals surface area (Å²) in [6.45, 7) is 0. The van der Waals surface area contributed by atoms with Crippen LogP contribution < -0.4 is 10.5 Å². The smallest absolute Gasteiger partial charge is 0.278 e. The minimum Gasteiger partial charge on any atom is -0.505 e. The van der Waals surface area contributed by atoms with Crippen molar-refractivity contribution in [2.24, 2.45) is 5.14 Å². The average Bonchev–Trinajstić information content (AvgIpc) is 2.40. The number of primary sulfonamides is 1. The van der Waals surface area contributed by atoms with Gasteiger partial charge in [0.05, 0.1) is 10.6 Å². The number of carbonyl (C=O) groups excluding carboxylic acids is 1. The van der Waals surface area contributed by atoms with Crippen LogP contribution in [0, 0.1) is 5.82 Å². The second kappa shape index (κ2) is 5.46. The Bertz CT molecular complexity index is 808. The summed E-state index contributed by atoms with van der Waals surface area (Å²) in [6, 6.07) is 5.46. The number of sulfonamides is 1. The second-order valence-corrected chi connectivity index (χ2v) is 5.57. The molecule has 1 aromatic carbocycles. The Morgan fingerprint density at radius 2 is 2.05 bits per heavy atom. The molecule has 0 aliphatic rings. The Labute approximate surface area is 119 Å². The summed E-state index contributed by atoms with van der Waals surface area (Å²) in [5.41, 5.74) is -0.551. The van der Waals surface area contributed by atoms with Gasteiger partial charge in [0.25, 0.3) is 5.91 Å². The maximum atomic E-state index is 13.7. The van der Waals surface area contributed by atoms with Crippen LogP contribution in [0.25, 0.3) is 0 Å². The van der Waals surface area contributed by atoms with Crippen molar-refractivity contribution in [1.29, 1.82) is 0 Å². The molecule has 0 saturated heterocycles. The van der Waals surface area contributed by atoms with Crippen molar-refractivity contribution < 1.29 is 22.7 Å². The molecule has 0 saturated carbocycles. The number of aromatic hydroxyl groups is 1. The second-order valence-electron chi connectivity index (χ2n) is 4.01. The third-order valence-corrected chi connectivity index (χ3v) is 3.43. The van der Waals surface area contributed by atoms with E-state index in [1.807, 2.05) is 0 Å². The maximum Gasteiger partial charge on any atom is 0.278 e. The molecule has 1 amide bonds. The van der Waals surface area contributed by atoms with Crippen LogP contribution in [0.15, 0.2) is 41.4 Å². The number of pyridine rings is 1. The van der Waals surface area contributed by atoms with Crippen LogP contribution in [-0.4, -0.2) is 24.4 Å². The van der Waals surface area contributed by atoms with Gasteiger partial charge in [-0.2, -0.15) is 0 Å². The summed E-state index contributed by atoms with van der Waals surface area (Å²) < 4.78 is 35.9. The highest BCUT2D eigenvalue weighted by atomic mass is 32.2. The highest BCUT2D eigenvalue weighted by Crippen LogP contribution is 2.20. The monoisotopic (exact) mass is 311 g/mol. The Balaban J connectivity index is 2.29. The van der Waals surface area contributed by atoms with E-state index in [0.29, 0.717) is 6.07 Å². The third kappa shape index (κ3) is 3.33. The van der Waals surface area contributed by atoms with Crippen LogP contribution in [0.1, 0.15) is 10.5 Å². The fourth-order valence-electron chi connectivity index (χ4n) is 1.53. The first-order valence-corrected chi connectivity index (χ1v) is 7.11. The van der Waals surface area contributed by atoms with E-state index in [0.717, 1.165) is 12.1 Å². The number of nitrogens with zero attached hydrogens (tertiary/aromatic N) is 1. The first-order chi connectivity index (χ1) is 9.79. The molecule has 110 valence electrons. The van der Waals surface area contributed by atoms with Gasteiger partial charge in [0.15, 0.2) is 5.69 Å². The van der Waals surface area contributed by atoms with Gasteiger partial charge in [0.2, 0.25) is 10.0 Å². The fourth-order valence-corrected chi connectivity index (χ4v) is 2.05. The van der Waals surface area contributed by atoms with Gasteiger partial charge in [-0.3, -0.25) is 4.79 Å². The topological polar surface area (TPSA) is 122 Å². The van der Waals surface area contributed by atoms with Gasteiger partial charge in [-0.1, -0.05) is 0 Å². The van der Waals surface area contributed by atoms with E-state index in [9.17, 15) is 22.7 Å². The van der Waals surface area contributed by atoms with Gasteiger partial charge in [0.1, 0.15) is 11.6 Å². The van der Waals surface area contributed by atoms with E-state index in [1.54, 1.807) is 0 Å². The molecule has 0 unspecified atom stereocenters. The van der Waals surface area contributed by atoms with E-state index in [1.165, 1.54) is 18.3 Å². The molecule has 0 radical (unpaired) electrons. The number of hydrogen-bond donors (Lipinski definition) is 3. The minimum atomic E-state index is -4.03. The minimum absolute atomic E-state index is 0.266. The van der Waals surface area contributed by atoms with Crippen LogP contribution in [0.3, 0.4) is 0 Å². The van der Waals surface area contributed by atoms with Crippen LogP contribution in [0.2, 0.25) is 0 Å². The molecular formula is C12H10FN3O4S. The van der Waals surface area contributed by atoms with Crippen LogP contribution in [0.4, 0.5) is 10.1 Å². The van der Waals surface area contributed by atoms with E-state index < -0.39 is 26.6 Å². The number of rotatable bonds is 3. The van der Waals surface area contributed by atoms with Crippen molar-refractivity contribution in [3.8, 4) is 5.75 Å². The van der Waals surface area contributed by atoms with E-state index >= 15 is 0 Å². The Morgan fingerprint density at radius 3 is 2.62 bits per heavy atom. The molecule has 7 nitrogen and oxygen atoms in total. The van der Waals surface area contributed by atoms with Crippen LogP contribution >= 0.6 is 0 Å². The van der Waals surface area contributed by atoms with Crippen LogP contribution in [-0.2, 0) is 10.0 Å². The molecule has 0 spiro atoms. The fraction of sp³-hybridized carbons (Fsp3) is 0. The molecule has 1 heterocycles. The van der Waals surface area contributed by atoms with Crippen molar-refractivity contribution in [3.63, 3.8) is 0 Å². The zero-order valence-electron chi connectivity index (χ0n) is 10.4. The van der Waals surface area contributed by atoms with Crippen molar-refractivity contribution in [3.05, 3.63) is 48.0 Å². The number of nitrogens with two attached hydrogens (primary N) is 1. The van der Waals surface area contributed by atoms with Crippen LogP contribution in [0.5, 0.6) is 5.75 Å². The summed E-state index contributed by atoms with van der Waals surface area (Å²) in [6.07, 6.45) is 1.29. The molecule has 0 aliphatic heterocycles. The molecule has 2 aromatic rings. The van der Waals surface area contributed by atoms with Crippen molar-refractivity contribution in [1.82, 2.24) is 4.98 Å². The Kier molecular flexibility index (Phi) is 3.87. The van der Waals surface area contributed by atoms with Crippen molar-refractivity contribution in [2.45, 2.75) is 4.90 Å². The number of carbonyl (C=O) groups is 1. The number of halogens is 1. The molecule has 4 N–H and O–H groups in total. The van der Waals surface area contributed by atoms with Gasteiger partial charge < -0.3 is 10.4 Å². The first-order valence-electron chi connectivity index (χ1n) is 5.57. The van der Waals surface area contributed by atoms with Gasteiger partial charge >= 0.3 is 0 Å². The molecule has 0 bridgehead atoms. The van der Waals surface area contributed by atoms with Gasteiger partial charge in [-0.15, -0.1) is 0 Å². The summed E-state index contributed by atoms with van der Waals surface area (Å²) >= 11 is 0. The van der Waals surface area contributed by atoms with E-state index in [2.05, 4.69) is 10.3 Å². The number of aromatic nitrogens is 1. The molecular weight excluding hydrogens is 301 g/mol. The first kappa shape index (κ1) is 14.9. The van der Waals surface area contributed by atoms with E-state index in [-0.39, 0.29) is 17.1 Å². The highest BCUT2D eigenvalue weighted by molar-refractivity contribution is 7.89. The van der Waals surface area contributed by atoms with Gasteiger partial charge in [-0.25, -0.2) is 22.9 Å². The largest absolute Gasteiger partial charge is 0.505 e. The lowest BCUT2D eigenvalue weighted by Gasteiger charge is -2.08. The number of amides is 1. The maximum absolute atomic E-state index is 13.7. The number of benzene rings is 1.